The quantitative estimate of drug-likeness (QED) is 0.789. The zero-order chi connectivity index (χ0) is 12.3. The van der Waals surface area contributed by atoms with Gasteiger partial charge in [0.2, 0.25) is 0 Å². The van der Waals surface area contributed by atoms with Gasteiger partial charge in [-0.15, -0.1) is 6.58 Å². The second kappa shape index (κ2) is 5.19. The van der Waals surface area contributed by atoms with Gasteiger partial charge < -0.3 is 9.73 Å². The van der Waals surface area contributed by atoms with E-state index in [1.807, 2.05) is 31.2 Å². The van der Waals surface area contributed by atoms with E-state index in [2.05, 4.69) is 24.9 Å². The zero-order valence-corrected chi connectivity index (χ0v) is 10.5. The molecule has 90 valence electrons. The second-order valence-corrected chi connectivity index (χ2v) is 4.44. The summed E-state index contributed by atoms with van der Waals surface area (Å²) in [4.78, 5) is 0. The van der Waals surface area contributed by atoms with Gasteiger partial charge in [0.1, 0.15) is 11.3 Å². The average Bonchev–Trinajstić information content (AvgIpc) is 2.62. The summed E-state index contributed by atoms with van der Waals surface area (Å²) in [5.41, 5.74) is 2.23. The number of para-hydroxylation sites is 1. The number of hydrogen-bond donors (Lipinski definition) is 1. The second-order valence-electron chi connectivity index (χ2n) is 4.44. The Bertz CT molecular complexity index is 513. The van der Waals surface area contributed by atoms with E-state index in [1.165, 1.54) is 10.9 Å². The molecule has 2 aromatic rings. The fourth-order valence-corrected chi connectivity index (χ4v) is 2.05. The lowest BCUT2D eigenvalue weighted by Gasteiger charge is -2.11. The van der Waals surface area contributed by atoms with Crippen LogP contribution in [0.2, 0.25) is 0 Å². The van der Waals surface area contributed by atoms with Crippen LogP contribution in [0.25, 0.3) is 11.0 Å². The summed E-state index contributed by atoms with van der Waals surface area (Å²) in [6.45, 7) is 8.79. The zero-order valence-electron chi connectivity index (χ0n) is 10.5. The fraction of sp³-hybridized carbons (Fsp3) is 0.333. The maximum Gasteiger partial charge on any atom is 0.134 e. The summed E-state index contributed by atoms with van der Waals surface area (Å²) in [5, 5.41) is 4.70. The number of fused-ring (bicyclic) bond motifs is 1. The van der Waals surface area contributed by atoms with Crippen molar-refractivity contribution in [3.63, 3.8) is 0 Å². The molecule has 0 aliphatic heterocycles. The smallest absolute Gasteiger partial charge is 0.134 e. The standard InChI is InChI=1S/C15H19NO/c1-4-7-11(2)16-10-14-12(3)17-15-9-6-5-8-13(14)15/h4-6,8-9,11,16H,1,7,10H2,2-3H3. The van der Waals surface area contributed by atoms with Gasteiger partial charge in [-0.25, -0.2) is 0 Å². The molecule has 1 N–H and O–H groups in total. The van der Waals surface area contributed by atoms with Crippen LogP contribution in [0, 0.1) is 6.92 Å². The third-order valence-corrected chi connectivity index (χ3v) is 3.05. The lowest BCUT2D eigenvalue weighted by atomic mass is 10.1. The fourth-order valence-electron chi connectivity index (χ4n) is 2.05. The first kappa shape index (κ1) is 11.9. The van der Waals surface area contributed by atoms with Gasteiger partial charge in [-0.05, 0) is 26.3 Å². The number of aryl methyl sites for hydroxylation is 1. The number of nitrogens with one attached hydrogen (secondary N) is 1. The van der Waals surface area contributed by atoms with Gasteiger partial charge in [-0.3, -0.25) is 0 Å². The van der Waals surface area contributed by atoms with Gasteiger partial charge >= 0.3 is 0 Å². The van der Waals surface area contributed by atoms with Gasteiger partial charge in [-0.2, -0.15) is 0 Å². The van der Waals surface area contributed by atoms with Crippen LogP contribution in [-0.4, -0.2) is 6.04 Å². The SMILES string of the molecule is C=CCC(C)NCc1c(C)oc2ccccc12. The van der Waals surface area contributed by atoms with Crippen molar-refractivity contribution in [2.75, 3.05) is 0 Å². The van der Waals surface area contributed by atoms with Crippen LogP contribution in [0.3, 0.4) is 0 Å². The molecule has 0 bridgehead atoms. The van der Waals surface area contributed by atoms with Crippen molar-refractivity contribution in [1.29, 1.82) is 0 Å². The normalized spacial score (nSPS) is 12.8. The van der Waals surface area contributed by atoms with Gasteiger partial charge in [0, 0.05) is 23.5 Å². The van der Waals surface area contributed by atoms with E-state index in [9.17, 15) is 0 Å². The van der Waals surface area contributed by atoms with Crippen molar-refractivity contribution in [3.8, 4) is 0 Å². The molecular formula is C15H19NO. The van der Waals surface area contributed by atoms with Crippen molar-refractivity contribution in [2.24, 2.45) is 0 Å². The molecule has 1 atom stereocenters. The molecule has 0 aliphatic carbocycles. The Balaban J connectivity index is 2.17. The summed E-state index contributed by atoms with van der Waals surface area (Å²) in [5.74, 6) is 1.00. The van der Waals surface area contributed by atoms with Crippen molar-refractivity contribution in [3.05, 3.63) is 48.2 Å². The molecule has 1 heterocycles. The minimum absolute atomic E-state index is 0.445. The van der Waals surface area contributed by atoms with Gasteiger partial charge in [-0.1, -0.05) is 24.3 Å². The predicted molar refractivity (Wildman–Crippen MR) is 72.1 cm³/mol. The van der Waals surface area contributed by atoms with Gasteiger partial charge in [0.25, 0.3) is 0 Å². The molecule has 1 aromatic heterocycles. The van der Waals surface area contributed by atoms with Crippen LogP contribution >= 0.6 is 0 Å². The number of benzene rings is 1. The lowest BCUT2D eigenvalue weighted by Crippen LogP contribution is -2.24. The van der Waals surface area contributed by atoms with E-state index in [0.717, 1.165) is 24.3 Å². The summed E-state index contributed by atoms with van der Waals surface area (Å²) in [6.07, 6.45) is 2.92. The number of hydrogen-bond acceptors (Lipinski definition) is 2. The molecule has 1 unspecified atom stereocenters. The Hall–Kier alpha value is -1.54. The van der Waals surface area contributed by atoms with E-state index in [1.54, 1.807) is 0 Å². The topological polar surface area (TPSA) is 25.2 Å². The molecule has 0 saturated heterocycles. The number of furan rings is 1. The van der Waals surface area contributed by atoms with Crippen LogP contribution in [0.15, 0.2) is 41.3 Å². The highest BCUT2D eigenvalue weighted by molar-refractivity contribution is 5.82. The van der Waals surface area contributed by atoms with Crippen LogP contribution in [0.5, 0.6) is 0 Å². The number of rotatable bonds is 5. The third-order valence-electron chi connectivity index (χ3n) is 3.05. The Morgan fingerprint density at radius 2 is 2.18 bits per heavy atom. The van der Waals surface area contributed by atoms with Crippen molar-refractivity contribution in [2.45, 2.75) is 32.9 Å². The molecule has 2 nitrogen and oxygen atoms in total. The van der Waals surface area contributed by atoms with Crippen LogP contribution in [0.4, 0.5) is 0 Å². The van der Waals surface area contributed by atoms with Crippen molar-refractivity contribution < 1.29 is 4.42 Å². The monoisotopic (exact) mass is 229 g/mol. The third kappa shape index (κ3) is 2.59. The summed E-state index contributed by atoms with van der Waals surface area (Å²) < 4.78 is 5.73. The maximum atomic E-state index is 5.73. The molecule has 0 radical (unpaired) electrons. The summed E-state index contributed by atoms with van der Waals surface area (Å²) in [6, 6.07) is 8.62. The molecule has 0 aliphatic rings. The predicted octanol–water partition coefficient (Wildman–Crippen LogP) is 3.80. The minimum atomic E-state index is 0.445. The Morgan fingerprint density at radius 1 is 1.41 bits per heavy atom. The molecule has 0 fully saturated rings. The Labute approximate surface area is 102 Å². The van der Waals surface area contributed by atoms with Gasteiger partial charge in [0.05, 0.1) is 0 Å². The average molecular weight is 229 g/mol. The van der Waals surface area contributed by atoms with Gasteiger partial charge in [0.15, 0.2) is 0 Å². The highest BCUT2D eigenvalue weighted by Crippen LogP contribution is 2.25. The van der Waals surface area contributed by atoms with Crippen LogP contribution in [-0.2, 0) is 6.54 Å². The molecule has 0 spiro atoms. The summed E-state index contributed by atoms with van der Waals surface area (Å²) >= 11 is 0. The molecule has 2 heteroatoms. The Kier molecular flexibility index (Phi) is 3.64. The molecule has 1 aromatic carbocycles. The molecule has 0 amide bonds. The molecular weight excluding hydrogens is 210 g/mol. The van der Waals surface area contributed by atoms with E-state index < -0.39 is 0 Å². The largest absolute Gasteiger partial charge is 0.461 e. The van der Waals surface area contributed by atoms with E-state index in [4.69, 9.17) is 4.42 Å². The first-order valence-electron chi connectivity index (χ1n) is 6.03. The van der Waals surface area contributed by atoms with Crippen LogP contribution in [0.1, 0.15) is 24.7 Å². The highest BCUT2D eigenvalue weighted by Gasteiger charge is 2.10. The highest BCUT2D eigenvalue weighted by atomic mass is 16.3. The van der Waals surface area contributed by atoms with E-state index in [0.29, 0.717) is 6.04 Å². The Morgan fingerprint density at radius 3 is 2.94 bits per heavy atom. The maximum absolute atomic E-state index is 5.73. The van der Waals surface area contributed by atoms with Crippen molar-refractivity contribution in [1.82, 2.24) is 5.32 Å². The first-order chi connectivity index (χ1) is 8.22. The lowest BCUT2D eigenvalue weighted by molar-refractivity contribution is 0.534. The van der Waals surface area contributed by atoms with E-state index in [-0.39, 0.29) is 0 Å². The first-order valence-corrected chi connectivity index (χ1v) is 6.03. The van der Waals surface area contributed by atoms with Crippen molar-refractivity contribution >= 4 is 11.0 Å². The molecule has 2 rings (SSSR count). The van der Waals surface area contributed by atoms with E-state index >= 15 is 0 Å². The summed E-state index contributed by atoms with van der Waals surface area (Å²) in [7, 11) is 0. The molecule has 0 saturated carbocycles. The van der Waals surface area contributed by atoms with Crippen LogP contribution < -0.4 is 5.32 Å². The molecule has 17 heavy (non-hydrogen) atoms. The minimum Gasteiger partial charge on any atom is -0.461 e.